The van der Waals surface area contributed by atoms with Gasteiger partial charge in [0.15, 0.2) is 0 Å². The van der Waals surface area contributed by atoms with E-state index in [1.54, 1.807) is 11.3 Å². The largest absolute Gasteiger partial charge is 0.469 e. The third-order valence-corrected chi connectivity index (χ3v) is 3.63. The van der Waals surface area contributed by atoms with Crippen molar-refractivity contribution in [2.75, 3.05) is 13.7 Å². The topological polar surface area (TPSA) is 38.3 Å². The Bertz CT molecular complexity index is 311. The Morgan fingerprint density at radius 1 is 1.59 bits per heavy atom. The van der Waals surface area contributed by atoms with Crippen LogP contribution >= 0.6 is 11.3 Å². The molecule has 1 aromatic heterocycles. The maximum absolute atomic E-state index is 11.0. The minimum Gasteiger partial charge on any atom is -0.469 e. The van der Waals surface area contributed by atoms with Crippen molar-refractivity contribution in [3.8, 4) is 0 Å². The van der Waals surface area contributed by atoms with Crippen LogP contribution in [-0.4, -0.2) is 19.6 Å². The van der Waals surface area contributed by atoms with Crippen LogP contribution in [0.25, 0.3) is 0 Å². The average Bonchev–Trinajstić information content (AvgIpc) is 2.86. The number of carbonyl (C=O) groups excluding carboxylic acids is 1. The fourth-order valence-corrected chi connectivity index (χ4v) is 2.57. The van der Waals surface area contributed by atoms with E-state index in [0.29, 0.717) is 12.5 Å². The van der Waals surface area contributed by atoms with E-state index in [1.807, 2.05) is 0 Å². The number of nitrogens with one attached hydrogen (secondary N) is 1. The number of methoxy groups -OCH3 is 1. The van der Waals surface area contributed by atoms with Gasteiger partial charge in [-0.3, -0.25) is 4.79 Å². The lowest BCUT2D eigenvalue weighted by Gasteiger charge is -2.16. The van der Waals surface area contributed by atoms with Crippen molar-refractivity contribution in [2.45, 2.75) is 38.6 Å². The molecule has 0 spiro atoms. The van der Waals surface area contributed by atoms with E-state index in [9.17, 15) is 4.79 Å². The first-order valence-corrected chi connectivity index (χ1v) is 6.99. The van der Waals surface area contributed by atoms with Crippen LogP contribution in [-0.2, 0) is 9.53 Å². The summed E-state index contributed by atoms with van der Waals surface area (Å²) in [5.41, 5.74) is 0. The molecule has 1 unspecified atom stereocenters. The van der Waals surface area contributed by atoms with Gasteiger partial charge in [-0.25, -0.2) is 0 Å². The van der Waals surface area contributed by atoms with Crippen LogP contribution < -0.4 is 5.32 Å². The van der Waals surface area contributed by atoms with Gasteiger partial charge in [0.1, 0.15) is 0 Å². The molecule has 0 aliphatic carbocycles. The van der Waals surface area contributed by atoms with Gasteiger partial charge >= 0.3 is 5.97 Å². The van der Waals surface area contributed by atoms with Gasteiger partial charge < -0.3 is 10.1 Å². The van der Waals surface area contributed by atoms with Crippen LogP contribution in [0, 0.1) is 0 Å². The summed E-state index contributed by atoms with van der Waals surface area (Å²) in [4.78, 5) is 12.3. The number of esters is 1. The second-order valence-corrected chi connectivity index (χ2v) is 4.97. The molecule has 0 amide bonds. The third kappa shape index (κ3) is 5.33. The summed E-state index contributed by atoms with van der Waals surface area (Å²) < 4.78 is 4.61. The van der Waals surface area contributed by atoms with Crippen LogP contribution in [0.1, 0.15) is 43.5 Å². The summed E-state index contributed by atoms with van der Waals surface area (Å²) >= 11 is 1.79. The standard InChI is InChI=1S/C13H21NO2S/c1-3-6-11(12-7-5-10-17-12)14-9-4-8-13(15)16-2/h5,7,10-11,14H,3-4,6,8-9H2,1-2H3. The summed E-state index contributed by atoms with van der Waals surface area (Å²) in [6.45, 7) is 3.05. The lowest BCUT2D eigenvalue weighted by molar-refractivity contribution is -0.140. The zero-order valence-electron chi connectivity index (χ0n) is 10.6. The monoisotopic (exact) mass is 255 g/mol. The van der Waals surface area contributed by atoms with E-state index >= 15 is 0 Å². The van der Waals surface area contributed by atoms with Crippen LogP contribution in [0.15, 0.2) is 17.5 Å². The van der Waals surface area contributed by atoms with Gasteiger partial charge in [0.2, 0.25) is 0 Å². The first-order chi connectivity index (χ1) is 8.27. The molecule has 0 radical (unpaired) electrons. The predicted molar refractivity (Wildman–Crippen MR) is 71.2 cm³/mol. The summed E-state index contributed by atoms with van der Waals surface area (Å²) in [6, 6.07) is 4.68. The normalized spacial score (nSPS) is 12.4. The molecule has 1 rings (SSSR count). The number of thiophene rings is 1. The molecule has 0 aliphatic heterocycles. The zero-order chi connectivity index (χ0) is 12.5. The van der Waals surface area contributed by atoms with Crippen LogP contribution in [0.4, 0.5) is 0 Å². The van der Waals surface area contributed by atoms with Crippen molar-refractivity contribution < 1.29 is 9.53 Å². The minimum absolute atomic E-state index is 0.130. The SMILES string of the molecule is CCCC(NCCCC(=O)OC)c1cccs1. The van der Waals surface area contributed by atoms with Crippen LogP contribution in [0.2, 0.25) is 0 Å². The second kappa shape index (κ2) is 8.25. The van der Waals surface area contributed by atoms with Gasteiger partial charge in [-0.2, -0.15) is 0 Å². The van der Waals surface area contributed by atoms with Crippen molar-refractivity contribution in [1.82, 2.24) is 5.32 Å². The third-order valence-electron chi connectivity index (χ3n) is 2.64. The van der Waals surface area contributed by atoms with E-state index in [1.165, 1.54) is 12.0 Å². The van der Waals surface area contributed by atoms with Gasteiger partial charge in [0.25, 0.3) is 0 Å². The van der Waals surface area contributed by atoms with E-state index in [4.69, 9.17) is 0 Å². The predicted octanol–water partition coefficient (Wildman–Crippen LogP) is 3.13. The molecule has 1 atom stereocenters. The zero-order valence-corrected chi connectivity index (χ0v) is 11.4. The molecule has 4 heteroatoms. The molecule has 0 aromatic carbocycles. The fourth-order valence-electron chi connectivity index (χ4n) is 1.73. The Hall–Kier alpha value is -0.870. The number of rotatable bonds is 8. The Morgan fingerprint density at radius 3 is 3.00 bits per heavy atom. The number of carbonyl (C=O) groups is 1. The molecule has 0 fully saturated rings. The highest BCUT2D eigenvalue weighted by molar-refractivity contribution is 7.10. The summed E-state index contributed by atoms with van der Waals surface area (Å²) in [7, 11) is 1.43. The van der Waals surface area contributed by atoms with Gasteiger partial charge in [0.05, 0.1) is 7.11 Å². The van der Waals surface area contributed by atoms with E-state index < -0.39 is 0 Å². The molecule has 0 saturated carbocycles. The fraction of sp³-hybridized carbons (Fsp3) is 0.615. The smallest absolute Gasteiger partial charge is 0.305 e. The van der Waals surface area contributed by atoms with Crippen molar-refractivity contribution in [3.05, 3.63) is 22.4 Å². The molecule has 0 saturated heterocycles. The second-order valence-electron chi connectivity index (χ2n) is 3.99. The van der Waals surface area contributed by atoms with Gasteiger partial charge in [-0.15, -0.1) is 11.3 Å². The molecular formula is C13H21NO2S. The number of hydrogen-bond acceptors (Lipinski definition) is 4. The summed E-state index contributed by atoms with van der Waals surface area (Å²) in [5.74, 6) is -0.130. The van der Waals surface area contributed by atoms with Crippen molar-refractivity contribution in [1.29, 1.82) is 0 Å². The van der Waals surface area contributed by atoms with E-state index in [2.05, 4.69) is 34.5 Å². The maximum Gasteiger partial charge on any atom is 0.305 e. The molecule has 3 nitrogen and oxygen atoms in total. The maximum atomic E-state index is 11.0. The lowest BCUT2D eigenvalue weighted by atomic mass is 10.1. The van der Waals surface area contributed by atoms with Crippen molar-refractivity contribution in [2.24, 2.45) is 0 Å². The summed E-state index contributed by atoms with van der Waals surface area (Å²) in [6.07, 6.45) is 3.62. The minimum atomic E-state index is -0.130. The Balaban J connectivity index is 2.28. The Morgan fingerprint density at radius 2 is 2.41 bits per heavy atom. The van der Waals surface area contributed by atoms with Crippen LogP contribution in [0.3, 0.4) is 0 Å². The Labute approximate surface area is 107 Å². The van der Waals surface area contributed by atoms with Crippen molar-refractivity contribution in [3.63, 3.8) is 0 Å². The molecule has 0 aliphatic rings. The highest BCUT2D eigenvalue weighted by Gasteiger charge is 2.10. The van der Waals surface area contributed by atoms with Crippen molar-refractivity contribution >= 4 is 17.3 Å². The highest BCUT2D eigenvalue weighted by atomic mass is 32.1. The van der Waals surface area contributed by atoms with Gasteiger partial charge in [0, 0.05) is 17.3 Å². The average molecular weight is 255 g/mol. The molecular weight excluding hydrogens is 234 g/mol. The number of ether oxygens (including phenoxy) is 1. The molecule has 96 valence electrons. The summed E-state index contributed by atoms with van der Waals surface area (Å²) in [5, 5.41) is 5.61. The van der Waals surface area contributed by atoms with Crippen LogP contribution in [0.5, 0.6) is 0 Å². The van der Waals surface area contributed by atoms with Gasteiger partial charge in [-0.05, 0) is 30.8 Å². The molecule has 0 bridgehead atoms. The molecule has 1 N–H and O–H groups in total. The molecule has 1 heterocycles. The van der Waals surface area contributed by atoms with E-state index in [0.717, 1.165) is 25.8 Å². The quantitative estimate of drug-likeness (QED) is 0.573. The first-order valence-electron chi connectivity index (χ1n) is 6.11. The lowest BCUT2D eigenvalue weighted by Crippen LogP contribution is -2.22. The molecule has 17 heavy (non-hydrogen) atoms. The highest BCUT2D eigenvalue weighted by Crippen LogP contribution is 2.22. The Kier molecular flexibility index (Phi) is 6.89. The van der Waals surface area contributed by atoms with Gasteiger partial charge in [-0.1, -0.05) is 19.4 Å². The number of hydrogen-bond donors (Lipinski definition) is 1. The molecule has 1 aromatic rings. The first kappa shape index (κ1) is 14.2. The van der Waals surface area contributed by atoms with E-state index in [-0.39, 0.29) is 5.97 Å².